The molecule has 1 atom stereocenters. The minimum Gasteiger partial charge on any atom is -0.508 e. The quantitative estimate of drug-likeness (QED) is 0.183. The summed E-state index contributed by atoms with van der Waals surface area (Å²) < 4.78 is 17.5. The average molecular weight is 555 g/mol. The molecule has 0 amide bonds. The molecule has 0 aliphatic carbocycles. The molecule has 41 heavy (non-hydrogen) atoms. The molecule has 0 saturated carbocycles. The molecular weight excluding hydrogens is 532 g/mol. The van der Waals surface area contributed by atoms with Gasteiger partial charge in [-0.25, -0.2) is 0 Å². The molecule has 0 spiro atoms. The molecule has 5 aromatic rings. The Morgan fingerprint density at radius 1 is 0.829 bits per heavy atom. The number of ketones is 1. The first-order chi connectivity index (χ1) is 19.6. The highest BCUT2D eigenvalue weighted by molar-refractivity contribution is 6.03. The number of Topliss-reactive ketones (excluding diaryl/α,β-unsaturated/α-hetero) is 1. The van der Waals surface area contributed by atoms with E-state index in [2.05, 4.69) is 0 Å². The Morgan fingerprint density at radius 2 is 1.59 bits per heavy atom. The molecule has 0 radical (unpaired) electrons. The number of ether oxygens (including phenoxy) is 2. The van der Waals surface area contributed by atoms with Crippen LogP contribution in [0.15, 0.2) is 75.9 Å². The summed E-state index contributed by atoms with van der Waals surface area (Å²) in [4.78, 5) is 25.4. The van der Waals surface area contributed by atoms with Crippen LogP contribution in [0.2, 0.25) is 0 Å². The number of benzene rings is 4. The second-order valence-electron chi connectivity index (χ2n) is 9.64. The molecule has 0 unspecified atom stereocenters. The van der Waals surface area contributed by atoms with Gasteiger partial charge in [0.25, 0.3) is 0 Å². The molecule has 206 valence electrons. The second-order valence-corrected chi connectivity index (χ2v) is 9.64. The molecule has 0 bridgehead atoms. The maximum atomic E-state index is 12.7. The third-order valence-electron chi connectivity index (χ3n) is 6.93. The zero-order valence-electron chi connectivity index (χ0n) is 21.4. The molecular formula is C31H22O10. The van der Waals surface area contributed by atoms with E-state index in [4.69, 9.17) is 13.9 Å². The summed E-state index contributed by atoms with van der Waals surface area (Å²) in [6.45, 7) is 1.51. The minimum absolute atomic E-state index is 0.0114. The standard InChI is InChI=1S/C31H22O10/c1-14-20(34)11-28-30(31(14)38)23(37)13-24(40-28)15-2-5-18(6-3-15)39-26-8-16(4-7-19(26)33)25-12-22(36)29-21(35)9-17(32)10-27(29)41-25/h2-12,24,32-35,38H,13H2,1H3/t24-/m1/s1. The van der Waals surface area contributed by atoms with Crippen molar-refractivity contribution in [2.45, 2.75) is 19.4 Å². The first-order valence-electron chi connectivity index (χ1n) is 12.5. The van der Waals surface area contributed by atoms with Gasteiger partial charge in [0.1, 0.15) is 62.9 Å². The van der Waals surface area contributed by atoms with Crippen LogP contribution in [0.3, 0.4) is 0 Å². The van der Waals surface area contributed by atoms with Gasteiger partial charge in [0, 0.05) is 35.4 Å². The van der Waals surface area contributed by atoms with Crippen LogP contribution in [-0.4, -0.2) is 31.3 Å². The lowest BCUT2D eigenvalue weighted by Crippen LogP contribution is -2.20. The van der Waals surface area contributed by atoms with Crippen LogP contribution in [0, 0.1) is 6.92 Å². The summed E-state index contributed by atoms with van der Waals surface area (Å²) in [6.07, 6.45) is -0.669. The topological polar surface area (TPSA) is 167 Å². The lowest BCUT2D eigenvalue weighted by atomic mass is 9.94. The largest absolute Gasteiger partial charge is 0.508 e. The van der Waals surface area contributed by atoms with E-state index in [1.165, 1.54) is 43.3 Å². The van der Waals surface area contributed by atoms with E-state index >= 15 is 0 Å². The van der Waals surface area contributed by atoms with E-state index in [1.54, 1.807) is 24.3 Å². The monoisotopic (exact) mass is 554 g/mol. The highest BCUT2D eigenvalue weighted by Gasteiger charge is 2.32. The van der Waals surface area contributed by atoms with E-state index in [-0.39, 0.29) is 74.6 Å². The van der Waals surface area contributed by atoms with Crippen LogP contribution in [0.25, 0.3) is 22.3 Å². The number of carbonyl (C=O) groups excluding carboxylic acids is 1. The van der Waals surface area contributed by atoms with Crippen molar-refractivity contribution < 1.29 is 44.2 Å². The Balaban J connectivity index is 1.26. The number of fused-ring (bicyclic) bond motifs is 2. The molecule has 5 N–H and O–H groups in total. The fraction of sp³-hybridized carbons (Fsp3) is 0.0968. The molecule has 6 rings (SSSR count). The van der Waals surface area contributed by atoms with Gasteiger partial charge >= 0.3 is 0 Å². The number of aromatic hydroxyl groups is 5. The highest BCUT2D eigenvalue weighted by Crippen LogP contribution is 2.44. The predicted octanol–water partition coefficient (Wildman–Crippen LogP) is 5.80. The molecule has 0 saturated heterocycles. The lowest BCUT2D eigenvalue weighted by Gasteiger charge is -2.27. The number of hydrogen-bond donors (Lipinski definition) is 5. The van der Waals surface area contributed by atoms with Gasteiger partial charge in [-0.15, -0.1) is 0 Å². The summed E-state index contributed by atoms with van der Waals surface area (Å²) in [5, 5.41) is 50.5. The van der Waals surface area contributed by atoms with Crippen LogP contribution >= 0.6 is 0 Å². The fourth-order valence-corrected chi connectivity index (χ4v) is 4.77. The Bertz CT molecular complexity index is 1920. The summed E-state index contributed by atoms with van der Waals surface area (Å²) in [5.74, 6) is -1.01. The van der Waals surface area contributed by atoms with Crippen molar-refractivity contribution in [1.82, 2.24) is 0 Å². The van der Waals surface area contributed by atoms with Crippen LogP contribution in [0.5, 0.6) is 46.0 Å². The molecule has 4 aromatic carbocycles. The maximum absolute atomic E-state index is 12.7. The SMILES string of the molecule is Cc1c(O)cc2c(c1O)C(=O)C[C@H](c1ccc(Oc3cc(-c4cc(=O)c5c(O)cc(O)cc5o4)ccc3O)cc1)O2. The van der Waals surface area contributed by atoms with Gasteiger partial charge in [0.2, 0.25) is 0 Å². The molecule has 10 heteroatoms. The van der Waals surface area contributed by atoms with Crippen molar-refractivity contribution in [3.05, 3.63) is 93.6 Å². The molecule has 1 aromatic heterocycles. The number of phenolic OH excluding ortho intramolecular Hbond substituents is 5. The van der Waals surface area contributed by atoms with Crippen molar-refractivity contribution in [2.75, 3.05) is 0 Å². The Morgan fingerprint density at radius 3 is 2.34 bits per heavy atom. The molecule has 10 nitrogen and oxygen atoms in total. The van der Waals surface area contributed by atoms with E-state index in [0.717, 1.165) is 6.07 Å². The summed E-state index contributed by atoms with van der Waals surface area (Å²) in [6, 6.07) is 15.7. The lowest BCUT2D eigenvalue weighted by molar-refractivity contribution is 0.0844. The van der Waals surface area contributed by atoms with E-state index in [9.17, 15) is 35.1 Å². The second kappa shape index (κ2) is 9.53. The van der Waals surface area contributed by atoms with Crippen LogP contribution in [0.4, 0.5) is 0 Å². The first kappa shape index (κ1) is 25.6. The predicted molar refractivity (Wildman–Crippen MR) is 146 cm³/mol. The van der Waals surface area contributed by atoms with E-state index in [1.807, 2.05) is 0 Å². The minimum atomic E-state index is -0.656. The van der Waals surface area contributed by atoms with Gasteiger partial charge < -0.3 is 39.4 Å². The van der Waals surface area contributed by atoms with Gasteiger partial charge in [-0.05, 0) is 42.8 Å². The fourth-order valence-electron chi connectivity index (χ4n) is 4.77. The van der Waals surface area contributed by atoms with Gasteiger partial charge in [-0.1, -0.05) is 12.1 Å². The van der Waals surface area contributed by atoms with Gasteiger partial charge in [-0.3, -0.25) is 9.59 Å². The highest BCUT2D eigenvalue weighted by atomic mass is 16.5. The van der Waals surface area contributed by atoms with Gasteiger partial charge in [0.15, 0.2) is 22.7 Å². The van der Waals surface area contributed by atoms with Crippen molar-refractivity contribution in [2.24, 2.45) is 0 Å². The zero-order valence-corrected chi connectivity index (χ0v) is 21.4. The molecule has 2 heterocycles. The summed E-state index contributed by atoms with van der Waals surface area (Å²) >= 11 is 0. The molecule has 0 fully saturated rings. The third-order valence-corrected chi connectivity index (χ3v) is 6.93. The first-order valence-corrected chi connectivity index (χ1v) is 12.5. The number of rotatable bonds is 4. The van der Waals surface area contributed by atoms with Crippen molar-refractivity contribution in [3.8, 4) is 57.3 Å². The van der Waals surface area contributed by atoms with Crippen molar-refractivity contribution in [1.29, 1.82) is 0 Å². The van der Waals surface area contributed by atoms with E-state index in [0.29, 0.717) is 16.9 Å². The Kier molecular flexibility index (Phi) is 5.95. The van der Waals surface area contributed by atoms with Crippen molar-refractivity contribution in [3.63, 3.8) is 0 Å². The van der Waals surface area contributed by atoms with Crippen LogP contribution in [-0.2, 0) is 0 Å². The molecule has 1 aliphatic rings. The van der Waals surface area contributed by atoms with Gasteiger partial charge in [0.05, 0.1) is 6.42 Å². The summed E-state index contributed by atoms with van der Waals surface area (Å²) in [7, 11) is 0. The maximum Gasteiger partial charge on any atom is 0.197 e. The van der Waals surface area contributed by atoms with Crippen LogP contribution in [0.1, 0.15) is 34.0 Å². The van der Waals surface area contributed by atoms with Crippen LogP contribution < -0.4 is 14.9 Å². The smallest absolute Gasteiger partial charge is 0.197 e. The van der Waals surface area contributed by atoms with Gasteiger partial charge in [-0.2, -0.15) is 0 Å². The Labute approximate surface area is 231 Å². The Hall–Kier alpha value is -5.64. The van der Waals surface area contributed by atoms with Crippen molar-refractivity contribution >= 4 is 16.8 Å². The number of phenols is 5. The number of carbonyl (C=O) groups is 1. The third kappa shape index (κ3) is 4.51. The summed E-state index contributed by atoms with van der Waals surface area (Å²) in [5.41, 5.74) is 0.764. The number of hydrogen-bond acceptors (Lipinski definition) is 10. The molecule has 1 aliphatic heterocycles. The average Bonchev–Trinajstić information content (AvgIpc) is 2.92. The zero-order chi connectivity index (χ0) is 29.0. The van der Waals surface area contributed by atoms with E-state index < -0.39 is 17.3 Å². The normalized spacial score (nSPS) is 14.5.